The van der Waals surface area contributed by atoms with E-state index in [1.54, 1.807) is 6.07 Å². The molecule has 0 saturated carbocycles. The minimum absolute atomic E-state index is 0.141. The number of hydrogen-bond donors (Lipinski definition) is 1. The van der Waals surface area contributed by atoms with Crippen molar-refractivity contribution in [3.8, 4) is 0 Å². The number of likely N-dealkylation sites (tertiary alicyclic amines) is 1. The van der Waals surface area contributed by atoms with E-state index in [4.69, 9.17) is 5.73 Å². The van der Waals surface area contributed by atoms with Gasteiger partial charge in [-0.3, -0.25) is 14.5 Å². The van der Waals surface area contributed by atoms with Gasteiger partial charge >= 0.3 is 0 Å². The SMILES string of the molecule is Nc1nc2ccccc2c2c1C(=O)N(CCN1CCCCC1)C2=O. The van der Waals surface area contributed by atoms with Gasteiger partial charge < -0.3 is 10.6 Å². The highest BCUT2D eigenvalue weighted by Gasteiger charge is 2.39. The summed E-state index contributed by atoms with van der Waals surface area (Å²) in [5.41, 5.74) is 7.28. The lowest BCUT2D eigenvalue weighted by atomic mass is 10.0. The molecule has 2 aromatic rings. The van der Waals surface area contributed by atoms with Crippen LogP contribution in [0.4, 0.5) is 5.82 Å². The maximum Gasteiger partial charge on any atom is 0.265 e. The average Bonchev–Trinajstić information content (AvgIpc) is 2.86. The second-order valence-corrected chi connectivity index (χ2v) is 6.43. The molecule has 0 aliphatic carbocycles. The molecule has 1 fully saturated rings. The first-order chi connectivity index (χ1) is 11.7. The number of carbonyl (C=O) groups excluding carboxylic acids is 2. The van der Waals surface area contributed by atoms with Crippen molar-refractivity contribution in [3.63, 3.8) is 0 Å². The summed E-state index contributed by atoms with van der Waals surface area (Å²) >= 11 is 0. The number of anilines is 1. The summed E-state index contributed by atoms with van der Waals surface area (Å²) in [6.07, 6.45) is 3.63. The van der Waals surface area contributed by atoms with E-state index >= 15 is 0 Å². The van der Waals surface area contributed by atoms with E-state index in [9.17, 15) is 9.59 Å². The molecule has 124 valence electrons. The number of rotatable bonds is 3. The van der Waals surface area contributed by atoms with Gasteiger partial charge in [0.2, 0.25) is 0 Å². The molecule has 2 aliphatic heterocycles. The molecular weight excluding hydrogens is 304 g/mol. The molecule has 1 aromatic carbocycles. The Bertz CT molecular complexity index is 827. The van der Waals surface area contributed by atoms with Crippen molar-refractivity contribution in [2.75, 3.05) is 31.9 Å². The van der Waals surface area contributed by atoms with Gasteiger partial charge in [-0.05, 0) is 32.0 Å². The Labute approximate surface area is 140 Å². The molecule has 4 rings (SSSR count). The third-order valence-electron chi connectivity index (χ3n) is 4.93. The van der Waals surface area contributed by atoms with Crippen LogP contribution in [0.1, 0.15) is 40.0 Å². The van der Waals surface area contributed by atoms with Crippen molar-refractivity contribution in [1.29, 1.82) is 0 Å². The third kappa shape index (κ3) is 2.34. The van der Waals surface area contributed by atoms with E-state index in [-0.39, 0.29) is 23.2 Å². The molecular formula is C18H20N4O2. The number of nitrogen functional groups attached to an aromatic ring is 1. The molecule has 6 nitrogen and oxygen atoms in total. The predicted octanol–water partition coefficient (Wildman–Crippen LogP) is 1.90. The van der Waals surface area contributed by atoms with E-state index in [0.717, 1.165) is 19.6 Å². The monoisotopic (exact) mass is 324 g/mol. The zero-order valence-electron chi connectivity index (χ0n) is 13.5. The second kappa shape index (κ2) is 5.87. The quantitative estimate of drug-likeness (QED) is 0.872. The van der Waals surface area contributed by atoms with E-state index < -0.39 is 0 Å². The van der Waals surface area contributed by atoms with E-state index in [0.29, 0.717) is 23.0 Å². The van der Waals surface area contributed by atoms with Crippen LogP contribution in [-0.2, 0) is 0 Å². The number of imide groups is 1. The standard InChI is InChI=1S/C18H20N4O2/c19-16-15-14(12-6-2-3-7-13(12)20-16)17(23)22(18(15)24)11-10-21-8-4-1-5-9-21/h2-3,6-7H,1,4-5,8-11H2,(H2,19,20). The number of nitrogens with zero attached hydrogens (tertiary/aromatic N) is 3. The Kier molecular flexibility index (Phi) is 3.69. The number of hydrogen-bond acceptors (Lipinski definition) is 5. The maximum atomic E-state index is 12.8. The number of nitrogens with two attached hydrogens (primary N) is 1. The van der Waals surface area contributed by atoms with Crippen molar-refractivity contribution >= 4 is 28.5 Å². The highest BCUT2D eigenvalue weighted by molar-refractivity contribution is 6.27. The number of carbonyl (C=O) groups is 2. The zero-order chi connectivity index (χ0) is 16.7. The number of fused-ring (bicyclic) bond motifs is 3. The fourth-order valence-corrected chi connectivity index (χ4v) is 3.66. The van der Waals surface area contributed by atoms with Crippen molar-refractivity contribution in [2.24, 2.45) is 0 Å². The Hall–Kier alpha value is -2.47. The molecule has 2 amide bonds. The van der Waals surface area contributed by atoms with Crippen LogP contribution in [0.2, 0.25) is 0 Å². The first-order valence-electron chi connectivity index (χ1n) is 8.43. The molecule has 1 saturated heterocycles. The highest BCUT2D eigenvalue weighted by atomic mass is 16.2. The van der Waals surface area contributed by atoms with Gasteiger partial charge in [0.05, 0.1) is 16.6 Å². The lowest BCUT2D eigenvalue weighted by molar-refractivity contribution is 0.0632. The van der Waals surface area contributed by atoms with Crippen molar-refractivity contribution in [1.82, 2.24) is 14.8 Å². The molecule has 3 heterocycles. The molecule has 0 atom stereocenters. The van der Waals surface area contributed by atoms with Crippen molar-refractivity contribution < 1.29 is 9.59 Å². The van der Waals surface area contributed by atoms with Crippen LogP contribution >= 0.6 is 0 Å². The van der Waals surface area contributed by atoms with E-state index in [1.165, 1.54) is 24.2 Å². The van der Waals surface area contributed by atoms with E-state index in [1.807, 2.05) is 18.2 Å². The molecule has 2 N–H and O–H groups in total. The zero-order valence-corrected chi connectivity index (χ0v) is 13.5. The Morgan fingerprint density at radius 3 is 2.46 bits per heavy atom. The van der Waals surface area contributed by atoms with Gasteiger partial charge in [0.1, 0.15) is 5.82 Å². The molecule has 6 heteroatoms. The lowest BCUT2D eigenvalue weighted by Gasteiger charge is -2.27. The fourth-order valence-electron chi connectivity index (χ4n) is 3.66. The van der Waals surface area contributed by atoms with Crippen LogP contribution < -0.4 is 5.73 Å². The number of amides is 2. The van der Waals surface area contributed by atoms with Gasteiger partial charge in [-0.1, -0.05) is 24.6 Å². The topological polar surface area (TPSA) is 79.5 Å². The van der Waals surface area contributed by atoms with Gasteiger partial charge in [0, 0.05) is 18.5 Å². The predicted molar refractivity (Wildman–Crippen MR) is 91.8 cm³/mol. The smallest absolute Gasteiger partial charge is 0.265 e. The summed E-state index contributed by atoms with van der Waals surface area (Å²) in [4.78, 5) is 33.5. The number of pyridine rings is 1. The summed E-state index contributed by atoms with van der Waals surface area (Å²) in [5, 5.41) is 0.695. The molecule has 0 spiro atoms. The van der Waals surface area contributed by atoms with Gasteiger partial charge in [0.15, 0.2) is 0 Å². The molecule has 2 aliphatic rings. The number of aromatic nitrogens is 1. The first kappa shape index (κ1) is 15.1. The van der Waals surface area contributed by atoms with Crippen molar-refractivity contribution in [3.05, 3.63) is 35.4 Å². The van der Waals surface area contributed by atoms with Gasteiger partial charge in [-0.2, -0.15) is 0 Å². The summed E-state index contributed by atoms with van der Waals surface area (Å²) in [6.45, 7) is 3.20. The van der Waals surface area contributed by atoms with Crippen LogP contribution in [0, 0.1) is 0 Å². The summed E-state index contributed by atoms with van der Waals surface area (Å²) in [5.74, 6) is -0.428. The van der Waals surface area contributed by atoms with Crippen LogP contribution in [-0.4, -0.2) is 52.8 Å². The van der Waals surface area contributed by atoms with Crippen LogP contribution in [0.25, 0.3) is 10.9 Å². The number of piperidine rings is 1. The minimum atomic E-state index is -0.317. The molecule has 24 heavy (non-hydrogen) atoms. The average molecular weight is 324 g/mol. The Morgan fingerprint density at radius 1 is 0.958 bits per heavy atom. The summed E-state index contributed by atoms with van der Waals surface area (Å²) < 4.78 is 0. The van der Waals surface area contributed by atoms with Gasteiger partial charge in [0.25, 0.3) is 11.8 Å². The van der Waals surface area contributed by atoms with Crippen LogP contribution in [0.5, 0.6) is 0 Å². The lowest BCUT2D eigenvalue weighted by Crippen LogP contribution is -2.40. The molecule has 0 radical (unpaired) electrons. The van der Waals surface area contributed by atoms with Gasteiger partial charge in [-0.15, -0.1) is 0 Å². The number of para-hydroxylation sites is 1. The Morgan fingerprint density at radius 2 is 1.67 bits per heavy atom. The highest BCUT2D eigenvalue weighted by Crippen LogP contribution is 2.32. The molecule has 1 aromatic heterocycles. The summed E-state index contributed by atoms with van der Waals surface area (Å²) in [7, 11) is 0. The maximum absolute atomic E-state index is 12.8. The number of benzene rings is 1. The van der Waals surface area contributed by atoms with Crippen LogP contribution in [0.15, 0.2) is 24.3 Å². The summed E-state index contributed by atoms with van der Waals surface area (Å²) in [6, 6.07) is 7.31. The largest absolute Gasteiger partial charge is 0.383 e. The normalized spacial score (nSPS) is 18.4. The minimum Gasteiger partial charge on any atom is -0.383 e. The van der Waals surface area contributed by atoms with Crippen molar-refractivity contribution in [2.45, 2.75) is 19.3 Å². The van der Waals surface area contributed by atoms with Gasteiger partial charge in [-0.25, -0.2) is 4.98 Å². The molecule has 0 bridgehead atoms. The van der Waals surface area contributed by atoms with E-state index in [2.05, 4.69) is 9.88 Å². The van der Waals surface area contributed by atoms with Crippen LogP contribution in [0.3, 0.4) is 0 Å². The third-order valence-corrected chi connectivity index (χ3v) is 4.93. The Balaban J connectivity index is 1.65. The second-order valence-electron chi connectivity index (χ2n) is 6.43. The fraction of sp³-hybridized carbons (Fsp3) is 0.389. The molecule has 0 unspecified atom stereocenters. The first-order valence-corrected chi connectivity index (χ1v) is 8.43.